The van der Waals surface area contributed by atoms with Crippen LogP contribution in [0.5, 0.6) is 0 Å². The maximum atomic E-state index is 12.7. The summed E-state index contributed by atoms with van der Waals surface area (Å²) < 4.78 is 0. The first-order valence-electron chi connectivity index (χ1n) is 8.20. The Kier molecular flexibility index (Phi) is 5.22. The van der Waals surface area contributed by atoms with Gasteiger partial charge < -0.3 is 10.6 Å². The summed E-state index contributed by atoms with van der Waals surface area (Å²) in [4.78, 5) is 29.2. The molecule has 2 amide bonds. The Hall–Kier alpha value is -2.43. The van der Waals surface area contributed by atoms with Crippen LogP contribution in [0.4, 0.5) is 0 Å². The summed E-state index contributed by atoms with van der Waals surface area (Å²) in [7, 11) is 0. The van der Waals surface area contributed by atoms with Crippen molar-refractivity contribution in [2.45, 2.75) is 46.6 Å². The summed E-state index contributed by atoms with van der Waals surface area (Å²) in [5, 5.41) is 6.37. The lowest BCUT2D eigenvalue weighted by molar-refractivity contribution is -0.121. The number of carbonyl (C=O) groups excluding carboxylic acids is 2. The summed E-state index contributed by atoms with van der Waals surface area (Å²) in [5.74, 6) is -0.451. The summed E-state index contributed by atoms with van der Waals surface area (Å²) >= 11 is 0. The highest BCUT2D eigenvalue weighted by Crippen LogP contribution is 2.23. The molecule has 1 heterocycles. The van der Waals surface area contributed by atoms with Gasteiger partial charge in [0, 0.05) is 16.6 Å². The molecule has 0 aliphatic rings. The lowest BCUT2D eigenvalue weighted by Crippen LogP contribution is -2.45. The normalized spacial score (nSPS) is 11.4. The van der Waals surface area contributed by atoms with Gasteiger partial charge in [-0.25, -0.2) is 0 Å². The van der Waals surface area contributed by atoms with Crippen LogP contribution in [0.15, 0.2) is 24.3 Å². The fourth-order valence-corrected chi connectivity index (χ4v) is 2.71. The third-order valence-corrected chi connectivity index (χ3v) is 3.72. The minimum atomic E-state index is -0.323. The van der Waals surface area contributed by atoms with Crippen LogP contribution in [0.2, 0.25) is 0 Å². The molecule has 0 radical (unpaired) electrons. The van der Waals surface area contributed by atoms with Gasteiger partial charge in [-0.2, -0.15) is 0 Å². The molecule has 0 saturated heterocycles. The number of rotatable bonds is 4. The Morgan fingerprint density at radius 1 is 1.17 bits per heavy atom. The van der Waals surface area contributed by atoms with Crippen molar-refractivity contribution in [3.63, 3.8) is 0 Å². The average Bonchev–Trinajstić information content (AvgIpc) is 2.50. The molecule has 0 aliphatic carbocycles. The van der Waals surface area contributed by atoms with Crippen molar-refractivity contribution in [2.24, 2.45) is 0 Å². The van der Waals surface area contributed by atoms with Gasteiger partial charge in [0.25, 0.3) is 5.91 Å². The number of nitrogens with zero attached hydrogens (tertiary/aromatic N) is 1. The quantitative estimate of drug-likeness (QED) is 0.907. The van der Waals surface area contributed by atoms with Gasteiger partial charge in [-0.05, 0) is 45.7 Å². The minimum Gasteiger partial charge on any atom is -0.350 e. The standard InChI is InChI=1S/C19H25N3O2/c1-6-14-12(2)17(13-9-7-8-10-15(13)21-14)18(24)20-11-16(23)22-19(3,4)5/h7-10H,6,11H2,1-5H3,(H,20,24)(H,22,23). The van der Waals surface area contributed by atoms with Crippen LogP contribution in [0.3, 0.4) is 0 Å². The Bertz CT molecular complexity index is 776. The Balaban J connectivity index is 2.29. The highest BCUT2D eigenvalue weighted by atomic mass is 16.2. The van der Waals surface area contributed by atoms with Gasteiger partial charge in [0.1, 0.15) is 0 Å². The molecule has 2 aromatic rings. The minimum absolute atomic E-state index is 0.0480. The van der Waals surface area contributed by atoms with E-state index >= 15 is 0 Å². The topological polar surface area (TPSA) is 71.1 Å². The van der Waals surface area contributed by atoms with E-state index in [2.05, 4.69) is 15.6 Å². The number of carbonyl (C=O) groups is 2. The molecular weight excluding hydrogens is 302 g/mol. The number of fused-ring (bicyclic) bond motifs is 1. The van der Waals surface area contributed by atoms with E-state index in [1.54, 1.807) is 0 Å². The molecule has 2 rings (SSSR count). The number of nitrogens with one attached hydrogen (secondary N) is 2. The number of aromatic nitrogens is 1. The molecule has 24 heavy (non-hydrogen) atoms. The number of para-hydroxylation sites is 1. The second-order valence-corrected chi connectivity index (χ2v) is 6.91. The monoisotopic (exact) mass is 327 g/mol. The summed E-state index contributed by atoms with van der Waals surface area (Å²) in [6.07, 6.45) is 0.751. The second-order valence-electron chi connectivity index (χ2n) is 6.91. The first-order valence-corrected chi connectivity index (χ1v) is 8.20. The molecule has 0 atom stereocenters. The van der Waals surface area contributed by atoms with E-state index < -0.39 is 0 Å². The molecule has 0 spiro atoms. The van der Waals surface area contributed by atoms with Crippen molar-refractivity contribution in [3.8, 4) is 0 Å². The summed E-state index contributed by atoms with van der Waals surface area (Å²) in [6.45, 7) is 9.58. The third kappa shape index (κ3) is 4.10. The second kappa shape index (κ2) is 6.99. The molecular formula is C19H25N3O2. The number of benzene rings is 1. The molecule has 0 unspecified atom stereocenters. The first-order chi connectivity index (χ1) is 11.2. The van der Waals surface area contributed by atoms with E-state index in [4.69, 9.17) is 0 Å². The summed E-state index contributed by atoms with van der Waals surface area (Å²) in [6, 6.07) is 7.58. The maximum Gasteiger partial charge on any atom is 0.252 e. The molecule has 2 N–H and O–H groups in total. The van der Waals surface area contributed by atoms with Crippen LogP contribution in [-0.4, -0.2) is 28.9 Å². The van der Waals surface area contributed by atoms with E-state index in [-0.39, 0.29) is 23.9 Å². The van der Waals surface area contributed by atoms with E-state index in [0.29, 0.717) is 5.56 Å². The van der Waals surface area contributed by atoms with Gasteiger partial charge in [-0.3, -0.25) is 14.6 Å². The van der Waals surface area contributed by atoms with Crippen LogP contribution >= 0.6 is 0 Å². The van der Waals surface area contributed by atoms with E-state index in [0.717, 1.165) is 28.6 Å². The van der Waals surface area contributed by atoms with Gasteiger partial charge in [-0.1, -0.05) is 25.1 Å². The molecule has 128 valence electrons. The molecule has 5 nitrogen and oxygen atoms in total. The zero-order valence-electron chi connectivity index (χ0n) is 15.0. The largest absolute Gasteiger partial charge is 0.350 e. The smallest absolute Gasteiger partial charge is 0.252 e. The molecule has 5 heteroatoms. The van der Waals surface area contributed by atoms with Crippen molar-refractivity contribution in [1.82, 2.24) is 15.6 Å². The lowest BCUT2D eigenvalue weighted by atomic mass is 9.99. The number of aryl methyl sites for hydroxylation is 1. The number of pyridine rings is 1. The predicted octanol–water partition coefficient (Wildman–Crippen LogP) is 2.75. The van der Waals surface area contributed by atoms with Crippen molar-refractivity contribution < 1.29 is 9.59 Å². The van der Waals surface area contributed by atoms with Gasteiger partial charge in [0.05, 0.1) is 17.6 Å². The van der Waals surface area contributed by atoms with Crippen molar-refractivity contribution in [3.05, 3.63) is 41.1 Å². The van der Waals surface area contributed by atoms with Crippen LogP contribution < -0.4 is 10.6 Å². The van der Waals surface area contributed by atoms with Gasteiger partial charge in [0.2, 0.25) is 5.91 Å². The Labute approximate surface area is 142 Å². The summed E-state index contributed by atoms with van der Waals surface area (Å²) in [5.41, 5.74) is 2.84. The molecule has 1 aromatic carbocycles. The van der Waals surface area contributed by atoms with Crippen molar-refractivity contribution >= 4 is 22.7 Å². The maximum absolute atomic E-state index is 12.7. The van der Waals surface area contributed by atoms with E-state index in [9.17, 15) is 9.59 Å². The van der Waals surface area contributed by atoms with Crippen molar-refractivity contribution in [2.75, 3.05) is 6.54 Å². The molecule has 0 bridgehead atoms. The molecule has 0 aliphatic heterocycles. The van der Waals surface area contributed by atoms with Gasteiger partial charge in [0.15, 0.2) is 0 Å². The van der Waals surface area contributed by atoms with Gasteiger partial charge in [-0.15, -0.1) is 0 Å². The predicted molar refractivity (Wildman–Crippen MR) is 96.1 cm³/mol. The highest BCUT2D eigenvalue weighted by molar-refractivity contribution is 6.08. The first kappa shape index (κ1) is 17.9. The van der Waals surface area contributed by atoms with Crippen molar-refractivity contribution in [1.29, 1.82) is 0 Å². The Morgan fingerprint density at radius 3 is 2.46 bits per heavy atom. The molecule has 0 fully saturated rings. The molecule has 0 saturated carbocycles. The SMILES string of the molecule is CCc1nc2ccccc2c(C(=O)NCC(=O)NC(C)(C)C)c1C. The number of hydrogen-bond donors (Lipinski definition) is 2. The van der Waals surface area contributed by atoms with Gasteiger partial charge >= 0.3 is 0 Å². The van der Waals surface area contributed by atoms with Crippen LogP contribution in [-0.2, 0) is 11.2 Å². The van der Waals surface area contributed by atoms with Crippen LogP contribution in [0.1, 0.15) is 49.3 Å². The third-order valence-electron chi connectivity index (χ3n) is 3.72. The van der Waals surface area contributed by atoms with E-state index in [1.807, 2.05) is 58.9 Å². The van der Waals surface area contributed by atoms with Crippen LogP contribution in [0.25, 0.3) is 10.9 Å². The molecule has 1 aromatic heterocycles. The van der Waals surface area contributed by atoms with Crippen LogP contribution in [0, 0.1) is 6.92 Å². The fraction of sp³-hybridized carbons (Fsp3) is 0.421. The zero-order chi connectivity index (χ0) is 17.9. The average molecular weight is 327 g/mol. The fourth-order valence-electron chi connectivity index (χ4n) is 2.71. The lowest BCUT2D eigenvalue weighted by Gasteiger charge is -2.20. The number of amides is 2. The Morgan fingerprint density at radius 2 is 1.83 bits per heavy atom. The zero-order valence-corrected chi connectivity index (χ0v) is 15.0. The number of hydrogen-bond acceptors (Lipinski definition) is 3. The highest BCUT2D eigenvalue weighted by Gasteiger charge is 2.19. The van der Waals surface area contributed by atoms with E-state index in [1.165, 1.54) is 0 Å².